The summed E-state index contributed by atoms with van der Waals surface area (Å²) in [6.45, 7) is 2.09. The normalized spacial score (nSPS) is 12.3. The highest BCUT2D eigenvalue weighted by molar-refractivity contribution is 5.77. The van der Waals surface area contributed by atoms with Crippen LogP contribution >= 0.6 is 0 Å². The van der Waals surface area contributed by atoms with Crippen LogP contribution in [0.1, 0.15) is 23.6 Å². The first-order valence-electron chi connectivity index (χ1n) is 5.39. The van der Waals surface area contributed by atoms with E-state index in [0.717, 1.165) is 6.42 Å². The monoisotopic (exact) mass is 193 g/mol. The van der Waals surface area contributed by atoms with E-state index in [4.69, 9.17) is 0 Å². The van der Waals surface area contributed by atoms with Gasteiger partial charge in [-0.25, -0.2) is 0 Å². The van der Waals surface area contributed by atoms with Gasteiger partial charge in [0.25, 0.3) is 0 Å². The second-order valence-electron chi connectivity index (χ2n) is 4.04. The maximum Gasteiger partial charge on any atom is -0.00134 e. The van der Waals surface area contributed by atoms with Gasteiger partial charge in [0.1, 0.15) is 0 Å². The molecule has 73 valence electrons. The van der Waals surface area contributed by atoms with Crippen LogP contribution in [0, 0.1) is 6.42 Å². The molecule has 2 aromatic rings. The van der Waals surface area contributed by atoms with Crippen molar-refractivity contribution in [3.63, 3.8) is 0 Å². The van der Waals surface area contributed by atoms with Crippen LogP contribution in [0.15, 0.2) is 42.5 Å². The highest BCUT2D eigenvalue weighted by atomic mass is 14.2. The fraction of sp³-hybridized carbons (Fsp3) is 0.133. The van der Waals surface area contributed by atoms with Gasteiger partial charge in [-0.3, -0.25) is 0 Å². The van der Waals surface area contributed by atoms with Crippen LogP contribution in [0.3, 0.4) is 0 Å². The van der Waals surface area contributed by atoms with Gasteiger partial charge in [-0.1, -0.05) is 49.4 Å². The van der Waals surface area contributed by atoms with Gasteiger partial charge in [0.05, 0.1) is 0 Å². The Kier molecular flexibility index (Phi) is 1.88. The number of benzene rings is 2. The van der Waals surface area contributed by atoms with E-state index in [1.165, 1.54) is 27.8 Å². The van der Waals surface area contributed by atoms with E-state index < -0.39 is 0 Å². The fourth-order valence-corrected chi connectivity index (χ4v) is 2.34. The molecule has 0 saturated carbocycles. The third kappa shape index (κ3) is 1.29. The van der Waals surface area contributed by atoms with Crippen molar-refractivity contribution >= 4 is 0 Å². The molecule has 2 aromatic carbocycles. The molecule has 0 aromatic heterocycles. The zero-order chi connectivity index (χ0) is 10.3. The Balaban J connectivity index is 2.18. The lowest BCUT2D eigenvalue weighted by Gasteiger charge is -2.02. The van der Waals surface area contributed by atoms with Crippen molar-refractivity contribution in [3.8, 4) is 11.1 Å². The lowest BCUT2D eigenvalue weighted by atomic mass is 10.0. The minimum Gasteiger partial charge on any atom is -0.0619 e. The maximum absolute atomic E-state index is 2.30. The van der Waals surface area contributed by atoms with Crippen molar-refractivity contribution in [1.82, 2.24) is 0 Å². The molecule has 15 heavy (non-hydrogen) atoms. The molecule has 3 rings (SSSR count). The Morgan fingerprint density at radius 1 is 0.933 bits per heavy atom. The number of fused-ring (bicyclic) bond motifs is 3. The van der Waals surface area contributed by atoms with Crippen molar-refractivity contribution in [2.75, 3.05) is 0 Å². The molecule has 0 saturated heterocycles. The first-order valence-corrected chi connectivity index (χ1v) is 5.39. The molecule has 1 aliphatic carbocycles. The second-order valence-corrected chi connectivity index (χ2v) is 4.04. The minimum atomic E-state index is 1.09. The quantitative estimate of drug-likeness (QED) is 0.551. The fourth-order valence-electron chi connectivity index (χ4n) is 2.34. The SMILES string of the molecule is C[CH]c1ccc2c(c1)Cc1ccccc1-2. The van der Waals surface area contributed by atoms with Crippen molar-refractivity contribution in [2.45, 2.75) is 13.3 Å². The molecule has 0 atom stereocenters. The zero-order valence-electron chi connectivity index (χ0n) is 8.83. The average Bonchev–Trinajstić information content (AvgIpc) is 2.66. The van der Waals surface area contributed by atoms with Crippen LogP contribution in [0.25, 0.3) is 11.1 Å². The molecule has 1 radical (unpaired) electrons. The summed E-state index contributed by atoms with van der Waals surface area (Å²) in [6, 6.07) is 15.4. The van der Waals surface area contributed by atoms with Crippen LogP contribution in [0.2, 0.25) is 0 Å². The summed E-state index contributed by atoms with van der Waals surface area (Å²) in [6.07, 6.45) is 3.25. The largest absolute Gasteiger partial charge is 0.0619 e. The maximum atomic E-state index is 2.30. The number of rotatable bonds is 1. The Bertz CT molecular complexity index is 509. The summed E-state index contributed by atoms with van der Waals surface area (Å²) < 4.78 is 0. The molecule has 1 aliphatic rings. The third-order valence-corrected chi connectivity index (χ3v) is 3.15. The lowest BCUT2D eigenvalue weighted by Crippen LogP contribution is -1.83. The van der Waals surface area contributed by atoms with Crippen molar-refractivity contribution < 1.29 is 0 Å². The van der Waals surface area contributed by atoms with E-state index in [1.54, 1.807) is 0 Å². The number of hydrogen-bond acceptors (Lipinski definition) is 0. The Morgan fingerprint density at radius 3 is 2.60 bits per heavy atom. The molecule has 0 heteroatoms. The average molecular weight is 193 g/mol. The van der Waals surface area contributed by atoms with Gasteiger partial charge in [-0.05, 0) is 40.7 Å². The predicted molar refractivity (Wildman–Crippen MR) is 63.8 cm³/mol. The van der Waals surface area contributed by atoms with Gasteiger partial charge in [0.2, 0.25) is 0 Å². The third-order valence-electron chi connectivity index (χ3n) is 3.15. The topological polar surface area (TPSA) is 0 Å². The van der Waals surface area contributed by atoms with Gasteiger partial charge in [0, 0.05) is 0 Å². The van der Waals surface area contributed by atoms with Gasteiger partial charge in [-0.2, -0.15) is 0 Å². The molecular formula is C15H13. The standard InChI is InChI=1S/C15H13/c1-2-11-7-8-15-13(9-11)10-12-5-3-4-6-14(12)15/h2-9H,10H2,1H3. The summed E-state index contributed by atoms with van der Waals surface area (Å²) in [5, 5.41) is 0. The molecule has 0 fully saturated rings. The zero-order valence-corrected chi connectivity index (χ0v) is 8.83. The van der Waals surface area contributed by atoms with Gasteiger partial charge in [0.15, 0.2) is 0 Å². The van der Waals surface area contributed by atoms with E-state index >= 15 is 0 Å². The van der Waals surface area contributed by atoms with Crippen LogP contribution in [0.5, 0.6) is 0 Å². The molecule has 0 spiro atoms. The van der Waals surface area contributed by atoms with Gasteiger partial charge in [-0.15, -0.1) is 0 Å². The highest BCUT2D eigenvalue weighted by Crippen LogP contribution is 2.36. The van der Waals surface area contributed by atoms with E-state index in [-0.39, 0.29) is 0 Å². The molecule has 0 heterocycles. The van der Waals surface area contributed by atoms with E-state index in [1.807, 2.05) is 0 Å². The summed E-state index contributed by atoms with van der Waals surface area (Å²) in [4.78, 5) is 0. The molecule has 0 bridgehead atoms. The molecule has 0 N–H and O–H groups in total. The van der Waals surface area contributed by atoms with E-state index in [0.29, 0.717) is 0 Å². The summed E-state index contributed by atoms with van der Waals surface area (Å²) in [5.74, 6) is 0. The van der Waals surface area contributed by atoms with Crippen LogP contribution in [-0.2, 0) is 6.42 Å². The van der Waals surface area contributed by atoms with E-state index in [2.05, 4.69) is 55.8 Å². The van der Waals surface area contributed by atoms with Crippen LogP contribution in [-0.4, -0.2) is 0 Å². The molecule has 0 aliphatic heterocycles. The van der Waals surface area contributed by atoms with Crippen LogP contribution < -0.4 is 0 Å². The smallest absolute Gasteiger partial charge is 0.00134 e. The van der Waals surface area contributed by atoms with Crippen molar-refractivity contribution in [1.29, 1.82) is 0 Å². The molecular weight excluding hydrogens is 180 g/mol. The number of hydrogen-bond donors (Lipinski definition) is 0. The Morgan fingerprint density at radius 2 is 1.73 bits per heavy atom. The minimum absolute atomic E-state index is 1.09. The highest BCUT2D eigenvalue weighted by Gasteiger charge is 2.17. The second kappa shape index (κ2) is 3.23. The summed E-state index contributed by atoms with van der Waals surface area (Å²) >= 11 is 0. The molecule has 0 unspecified atom stereocenters. The van der Waals surface area contributed by atoms with Crippen LogP contribution in [0.4, 0.5) is 0 Å². The van der Waals surface area contributed by atoms with Gasteiger partial charge >= 0.3 is 0 Å². The first kappa shape index (κ1) is 8.72. The first-order chi connectivity index (χ1) is 7.38. The van der Waals surface area contributed by atoms with Crippen molar-refractivity contribution in [3.05, 3.63) is 65.6 Å². The molecule has 0 nitrogen and oxygen atoms in total. The Hall–Kier alpha value is -1.56. The summed E-state index contributed by atoms with van der Waals surface area (Å²) in [5.41, 5.74) is 7.07. The predicted octanol–water partition coefficient (Wildman–Crippen LogP) is 3.83. The van der Waals surface area contributed by atoms with E-state index in [9.17, 15) is 0 Å². The lowest BCUT2D eigenvalue weighted by molar-refractivity contribution is 1.25. The summed E-state index contributed by atoms with van der Waals surface area (Å²) in [7, 11) is 0. The van der Waals surface area contributed by atoms with Crippen molar-refractivity contribution in [2.24, 2.45) is 0 Å². The Labute approximate surface area is 90.6 Å². The molecule has 0 amide bonds. The van der Waals surface area contributed by atoms with Gasteiger partial charge < -0.3 is 0 Å².